The molecule has 1 unspecified atom stereocenters. The molecule has 1 aromatic carbocycles. The molecular weight excluding hydrogens is 274 g/mol. The van der Waals surface area contributed by atoms with Crippen LogP contribution in [0, 0.1) is 0 Å². The molecule has 0 aliphatic rings. The van der Waals surface area contributed by atoms with Crippen molar-refractivity contribution in [1.29, 1.82) is 0 Å². The van der Waals surface area contributed by atoms with Crippen LogP contribution in [0.4, 0.5) is 0 Å². The maximum absolute atomic E-state index is 11.2. The standard InChI is InChI=1S/C15H21NO5/c1-4-8-21-14-11(6-5-7-13(14)20-3)9-12(15(18)19)16-10(2)17/h5-7,12H,4,8-9H2,1-3H3,(H,16,17)(H,18,19). The van der Waals surface area contributed by atoms with Crippen LogP contribution >= 0.6 is 0 Å². The van der Waals surface area contributed by atoms with E-state index in [2.05, 4.69) is 5.32 Å². The van der Waals surface area contributed by atoms with E-state index in [1.165, 1.54) is 14.0 Å². The highest BCUT2D eigenvalue weighted by Crippen LogP contribution is 2.32. The molecular formula is C15H21NO5. The van der Waals surface area contributed by atoms with Crippen molar-refractivity contribution in [2.75, 3.05) is 13.7 Å². The van der Waals surface area contributed by atoms with Crippen LogP contribution in [0.5, 0.6) is 11.5 Å². The van der Waals surface area contributed by atoms with Crippen LogP contribution in [0.25, 0.3) is 0 Å². The van der Waals surface area contributed by atoms with Gasteiger partial charge in [-0.3, -0.25) is 4.79 Å². The zero-order valence-corrected chi connectivity index (χ0v) is 12.5. The summed E-state index contributed by atoms with van der Waals surface area (Å²) < 4.78 is 10.9. The number of amides is 1. The fraction of sp³-hybridized carbons (Fsp3) is 0.467. The number of para-hydroxylation sites is 1. The zero-order chi connectivity index (χ0) is 15.8. The first-order chi connectivity index (χ1) is 9.99. The molecule has 6 heteroatoms. The van der Waals surface area contributed by atoms with E-state index in [-0.39, 0.29) is 12.3 Å². The van der Waals surface area contributed by atoms with Crippen LogP contribution < -0.4 is 14.8 Å². The highest BCUT2D eigenvalue weighted by Gasteiger charge is 2.22. The average molecular weight is 295 g/mol. The van der Waals surface area contributed by atoms with Gasteiger partial charge in [0.2, 0.25) is 5.91 Å². The first-order valence-electron chi connectivity index (χ1n) is 6.78. The van der Waals surface area contributed by atoms with E-state index < -0.39 is 12.0 Å². The van der Waals surface area contributed by atoms with Gasteiger partial charge in [-0.25, -0.2) is 4.79 Å². The Kier molecular flexibility index (Phi) is 6.52. The quantitative estimate of drug-likeness (QED) is 0.761. The molecule has 116 valence electrons. The summed E-state index contributed by atoms with van der Waals surface area (Å²) in [5.41, 5.74) is 0.684. The minimum Gasteiger partial charge on any atom is -0.493 e. The second-order valence-electron chi connectivity index (χ2n) is 4.59. The van der Waals surface area contributed by atoms with Crippen LogP contribution in [-0.2, 0) is 16.0 Å². The molecule has 1 rings (SSSR count). The van der Waals surface area contributed by atoms with E-state index in [0.29, 0.717) is 23.7 Å². The van der Waals surface area contributed by atoms with Gasteiger partial charge in [-0.05, 0) is 12.5 Å². The smallest absolute Gasteiger partial charge is 0.326 e. The first-order valence-corrected chi connectivity index (χ1v) is 6.78. The Morgan fingerprint density at radius 1 is 1.38 bits per heavy atom. The number of carboxylic acid groups (broad SMARTS) is 1. The van der Waals surface area contributed by atoms with Gasteiger partial charge in [-0.15, -0.1) is 0 Å². The Morgan fingerprint density at radius 2 is 2.10 bits per heavy atom. The fourth-order valence-corrected chi connectivity index (χ4v) is 1.92. The summed E-state index contributed by atoms with van der Waals surface area (Å²) in [5, 5.41) is 11.6. The molecule has 1 amide bonds. The maximum atomic E-state index is 11.2. The van der Waals surface area contributed by atoms with Gasteiger partial charge in [-0.1, -0.05) is 19.1 Å². The minimum atomic E-state index is -1.09. The lowest BCUT2D eigenvalue weighted by Gasteiger charge is -2.18. The molecule has 0 aliphatic carbocycles. The molecule has 1 atom stereocenters. The second-order valence-corrected chi connectivity index (χ2v) is 4.59. The summed E-state index contributed by atoms with van der Waals surface area (Å²) in [7, 11) is 1.53. The van der Waals surface area contributed by atoms with E-state index in [9.17, 15) is 14.7 Å². The topological polar surface area (TPSA) is 84.9 Å². The minimum absolute atomic E-state index is 0.130. The van der Waals surface area contributed by atoms with E-state index in [1.54, 1.807) is 18.2 Å². The van der Waals surface area contributed by atoms with Gasteiger partial charge in [0.1, 0.15) is 6.04 Å². The number of hydrogen-bond acceptors (Lipinski definition) is 4. The van der Waals surface area contributed by atoms with E-state index >= 15 is 0 Å². The lowest BCUT2D eigenvalue weighted by molar-refractivity contribution is -0.141. The lowest BCUT2D eigenvalue weighted by Crippen LogP contribution is -2.41. The van der Waals surface area contributed by atoms with Crippen LogP contribution in [0.3, 0.4) is 0 Å². The van der Waals surface area contributed by atoms with Crippen LogP contribution in [0.15, 0.2) is 18.2 Å². The third-order valence-electron chi connectivity index (χ3n) is 2.83. The highest BCUT2D eigenvalue weighted by atomic mass is 16.5. The summed E-state index contributed by atoms with van der Waals surface area (Å²) in [6.45, 7) is 3.77. The van der Waals surface area contributed by atoms with Crippen molar-refractivity contribution in [3.63, 3.8) is 0 Å². The summed E-state index contributed by atoms with van der Waals surface area (Å²) >= 11 is 0. The molecule has 1 aromatic rings. The lowest BCUT2D eigenvalue weighted by atomic mass is 10.0. The molecule has 0 aliphatic heterocycles. The molecule has 0 heterocycles. The van der Waals surface area contributed by atoms with Crippen molar-refractivity contribution in [3.05, 3.63) is 23.8 Å². The van der Waals surface area contributed by atoms with Crippen molar-refractivity contribution >= 4 is 11.9 Å². The van der Waals surface area contributed by atoms with Crippen molar-refractivity contribution in [3.8, 4) is 11.5 Å². The summed E-state index contributed by atoms with van der Waals surface area (Å²) in [4.78, 5) is 22.3. The SMILES string of the molecule is CCCOc1c(CC(NC(C)=O)C(=O)O)cccc1OC. The van der Waals surface area contributed by atoms with E-state index in [4.69, 9.17) is 9.47 Å². The van der Waals surface area contributed by atoms with Crippen molar-refractivity contribution in [1.82, 2.24) is 5.32 Å². The number of carbonyl (C=O) groups is 2. The van der Waals surface area contributed by atoms with Gasteiger partial charge in [0.15, 0.2) is 11.5 Å². The number of aliphatic carboxylic acids is 1. The van der Waals surface area contributed by atoms with Crippen molar-refractivity contribution in [2.24, 2.45) is 0 Å². The second kappa shape index (κ2) is 8.14. The summed E-state index contributed by atoms with van der Waals surface area (Å²) in [6.07, 6.45) is 0.955. The number of ether oxygens (including phenoxy) is 2. The maximum Gasteiger partial charge on any atom is 0.326 e. The molecule has 0 saturated carbocycles. The molecule has 0 aromatic heterocycles. The Bertz CT molecular complexity index is 501. The van der Waals surface area contributed by atoms with Crippen LogP contribution in [-0.4, -0.2) is 36.7 Å². The van der Waals surface area contributed by atoms with Crippen molar-refractivity contribution < 1.29 is 24.2 Å². The number of carbonyl (C=O) groups excluding carboxylic acids is 1. The largest absolute Gasteiger partial charge is 0.493 e. The van der Waals surface area contributed by atoms with Gasteiger partial charge < -0.3 is 19.9 Å². The fourth-order valence-electron chi connectivity index (χ4n) is 1.92. The third-order valence-corrected chi connectivity index (χ3v) is 2.83. The van der Waals surface area contributed by atoms with Crippen LogP contribution in [0.2, 0.25) is 0 Å². The Labute approximate surface area is 124 Å². The third kappa shape index (κ3) is 4.98. The predicted molar refractivity (Wildman–Crippen MR) is 77.7 cm³/mol. The Hall–Kier alpha value is -2.24. The Balaban J connectivity index is 3.03. The van der Waals surface area contributed by atoms with E-state index in [1.807, 2.05) is 6.92 Å². The number of carboxylic acids is 1. The predicted octanol–water partition coefficient (Wildman–Crippen LogP) is 1.62. The monoisotopic (exact) mass is 295 g/mol. The first kappa shape index (κ1) is 16.8. The van der Waals surface area contributed by atoms with Gasteiger partial charge in [0.05, 0.1) is 13.7 Å². The number of benzene rings is 1. The van der Waals surface area contributed by atoms with Gasteiger partial charge in [0, 0.05) is 18.9 Å². The van der Waals surface area contributed by atoms with E-state index in [0.717, 1.165) is 6.42 Å². The number of methoxy groups -OCH3 is 1. The molecule has 0 radical (unpaired) electrons. The summed E-state index contributed by atoms with van der Waals surface area (Å²) in [5.74, 6) is -0.401. The van der Waals surface area contributed by atoms with Crippen LogP contribution in [0.1, 0.15) is 25.8 Å². The molecule has 0 spiro atoms. The molecule has 0 bridgehead atoms. The highest BCUT2D eigenvalue weighted by molar-refractivity contribution is 5.82. The molecule has 0 saturated heterocycles. The van der Waals surface area contributed by atoms with Gasteiger partial charge >= 0.3 is 5.97 Å². The zero-order valence-electron chi connectivity index (χ0n) is 12.5. The molecule has 2 N–H and O–H groups in total. The normalized spacial score (nSPS) is 11.6. The number of hydrogen-bond donors (Lipinski definition) is 2. The van der Waals surface area contributed by atoms with Gasteiger partial charge in [0.25, 0.3) is 0 Å². The van der Waals surface area contributed by atoms with Crippen molar-refractivity contribution in [2.45, 2.75) is 32.7 Å². The molecule has 6 nitrogen and oxygen atoms in total. The molecule has 0 fully saturated rings. The summed E-state index contributed by atoms with van der Waals surface area (Å²) in [6, 6.07) is 4.28. The molecule has 21 heavy (non-hydrogen) atoms. The number of nitrogens with one attached hydrogen (secondary N) is 1. The average Bonchev–Trinajstić information content (AvgIpc) is 2.44. The van der Waals surface area contributed by atoms with Gasteiger partial charge in [-0.2, -0.15) is 0 Å². The number of rotatable bonds is 8. The Morgan fingerprint density at radius 3 is 2.62 bits per heavy atom.